The molecule has 0 aliphatic carbocycles. The topological polar surface area (TPSA) is 20.3 Å². The monoisotopic (exact) mass is 237 g/mol. The summed E-state index contributed by atoms with van der Waals surface area (Å²) in [7, 11) is 0. The second-order valence-corrected chi connectivity index (χ2v) is 4.20. The maximum atomic E-state index is 10.6. The fourth-order valence-corrected chi connectivity index (χ4v) is 1.74. The molecule has 1 rings (SSSR count). The summed E-state index contributed by atoms with van der Waals surface area (Å²) >= 11 is 5.99. The van der Waals surface area contributed by atoms with Crippen molar-refractivity contribution in [2.75, 3.05) is 18.0 Å². The van der Waals surface area contributed by atoms with Crippen LogP contribution >= 0.6 is 11.6 Å². The molecule has 0 aliphatic heterocycles. The van der Waals surface area contributed by atoms with Gasteiger partial charge >= 0.3 is 0 Å². The minimum atomic E-state index is 0.493. The van der Waals surface area contributed by atoms with E-state index in [4.69, 9.17) is 11.6 Å². The lowest BCUT2D eigenvalue weighted by molar-refractivity contribution is 0.112. The molecule has 1 aromatic carbocycles. The van der Waals surface area contributed by atoms with Crippen LogP contribution in [0, 0.1) is 0 Å². The third-order valence-electron chi connectivity index (χ3n) is 2.32. The highest BCUT2D eigenvalue weighted by molar-refractivity contribution is 6.33. The highest BCUT2D eigenvalue weighted by Crippen LogP contribution is 2.23. The predicted octanol–water partition coefficient (Wildman–Crippen LogP) is 3.55. The molecule has 0 amide bonds. The minimum absolute atomic E-state index is 0.493. The molecule has 0 saturated heterocycles. The quantitative estimate of drug-likeness (QED) is 0.577. The van der Waals surface area contributed by atoms with Gasteiger partial charge in [0.05, 0.1) is 5.02 Å². The van der Waals surface area contributed by atoms with Gasteiger partial charge in [-0.05, 0) is 32.0 Å². The Morgan fingerprint density at radius 3 is 2.69 bits per heavy atom. The van der Waals surface area contributed by atoms with E-state index in [1.54, 1.807) is 6.07 Å². The summed E-state index contributed by atoms with van der Waals surface area (Å²) in [4.78, 5) is 12.8. The molecule has 0 N–H and O–H groups in total. The van der Waals surface area contributed by atoms with Crippen molar-refractivity contribution in [3.8, 4) is 0 Å². The molecular formula is C13H16ClNO. The Kier molecular flexibility index (Phi) is 4.56. The normalized spacial score (nSPS) is 9.94. The van der Waals surface area contributed by atoms with Crippen LogP contribution in [0.5, 0.6) is 0 Å². The third-order valence-corrected chi connectivity index (χ3v) is 2.65. The van der Waals surface area contributed by atoms with Crippen LogP contribution in [0.25, 0.3) is 0 Å². The molecule has 2 nitrogen and oxygen atoms in total. The molecule has 0 saturated carbocycles. The van der Waals surface area contributed by atoms with E-state index in [-0.39, 0.29) is 0 Å². The smallest absolute Gasteiger partial charge is 0.151 e. The summed E-state index contributed by atoms with van der Waals surface area (Å²) < 4.78 is 0. The van der Waals surface area contributed by atoms with Gasteiger partial charge in [0.1, 0.15) is 0 Å². The first kappa shape index (κ1) is 12.8. The van der Waals surface area contributed by atoms with Gasteiger partial charge in [0, 0.05) is 24.3 Å². The zero-order chi connectivity index (χ0) is 12.1. The summed E-state index contributed by atoms with van der Waals surface area (Å²) in [6, 6.07) is 5.46. The van der Waals surface area contributed by atoms with E-state index < -0.39 is 0 Å². The van der Waals surface area contributed by atoms with E-state index >= 15 is 0 Å². The van der Waals surface area contributed by atoms with Gasteiger partial charge in [0.2, 0.25) is 0 Å². The first-order valence-electron chi connectivity index (χ1n) is 5.22. The number of carbonyl (C=O) groups excluding carboxylic acids is 1. The van der Waals surface area contributed by atoms with Gasteiger partial charge < -0.3 is 4.90 Å². The number of nitrogens with zero attached hydrogens (tertiary/aromatic N) is 1. The van der Waals surface area contributed by atoms with Crippen molar-refractivity contribution in [2.24, 2.45) is 0 Å². The van der Waals surface area contributed by atoms with E-state index in [1.807, 2.05) is 19.1 Å². The van der Waals surface area contributed by atoms with Gasteiger partial charge in [0.25, 0.3) is 0 Å². The largest absolute Gasteiger partial charge is 0.368 e. The maximum absolute atomic E-state index is 10.6. The summed E-state index contributed by atoms with van der Waals surface area (Å²) in [6.07, 6.45) is 0.765. The molecule has 0 heterocycles. The molecule has 3 heteroatoms. The fraction of sp³-hybridized carbons (Fsp3) is 0.308. The van der Waals surface area contributed by atoms with Crippen LogP contribution in [-0.4, -0.2) is 19.4 Å². The van der Waals surface area contributed by atoms with Crippen molar-refractivity contribution in [1.82, 2.24) is 0 Å². The molecule has 0 unspecified atom stereocenters. The van der Waals surface area contributed by atoms with Gasteiger partial charge in [-0.3, -0.25) is 4.79 Å². The molecule has 86 valence electrons. The number of benzene rings is 1. The van der Waals surface area contributed by atoms with Crippen molar-refractivity contribution in [3.63, 3.8) is 0 Å². The summed E-state index contributed by atoms with van der Waals surface area (Å²) in [5.74, 6) is 0. The van der Waals surface area contributed by atoms with Crippen LogP contribution in [0.4, 0.5) is 5.69 Å². The second-order valence-electron chi connectivity index (χ2n) is 3.79. The number of hydrogen-bond donors (Lipinski definition) is 0. The molecule has 16 heavy (non-hydrogen) atoms. The Bertz CT molecular complexity index is 401. The van der Waals surface area contributed by atoms with Gasteiger partial charge in [-0.15, -0.1) is 0 Å². The van der Waals surface area contributed by atoms with Gasteiger partial charge in [-0.2, -0.15) is 0 Å². The predicted molar refractivity (Wildman–Crippen MR) is 69.5 cm³/mol. The summed E-state index contributed by atoms with van der Waals surface area (Å²) in [5.41, 5.74) is 2.63. The van der Waals surface area contributed by atoms with Crippen molar-refractivity contribution >= 4 is 23.6 Å². The van der Waals surface area contributed by atoms with E-state index in [0.29, 0.717) is 10.6 Å². The minimum Gasteiger partial charge on any atom is -0.368 e. The van der Waals surface area contributed by atoms with E-state index in [1.165, 1.54) is 0 Å². The zero-order valence-corrected chi connectivity index (χ0v) is 10.4. The Morgan fingerprint density at radius 2 is 2.25 bits per heavy atom. The van der Waals surface area contributed by atoms with Crippen LogP contribution in [0.15, 0.2) is 30.4 Å². The maximum Gasteiger partial charge on any atom is 0.151 e. The Balaban J connectivity index is 2.97. The average molecular weight is 238 g/mol. The number of likely N-dealkylation sites (N-methyl/N-ethyl adjacent to an activating group) is 1. The van der Waals surface area contributed by atoms with Crippen LogP contribution in [-0.2, 0) is 0 Å². The van der Waals surface area contributed by atoms with Crippen molar-refractivity contribution < 1.29 is 4.79 Å². The Labute approximate surface area is 102 Å². The lowest BCUT2D eigenvalue weighted by Gasteiger charge is -2.23. The number of aldehydes is 1. The van der Waals surface area contributed by atoms with Crippen molar-refractivity contribution in [3.05, 3.63) is 40.9 Å². The lowest BCUT2D eigenvalue weighted by atomic mass is 10.2. The van der Waals surface area contributed by atoms with Crippen molar-refractivity contribution in [1.29, 1.82) is 0 Å². The summed E-state index contributed by atoms with van der Waals surface area (Å²) in [6.45, 7) is 9.64. The molecule has 0 bridgehead atoms. The number of hydrogen-bond acceptors (Lipinski definition) is 2. The molecule has 1 aromatic rings. The third kappa shape index (κ3) is 3.11. The number of halogens is 1. The molecule has 0 fully saturated rings. The van der Waals surface area contributed by atoms with Crippen LogP contribution in [0.2, 0.25) is 5.02 Å². The van der Waals surface area contributed by atoms with Crippen LogP contribution in [0.3, 0.4) is 0 Å². The number of carbonyl (C=O) groups is 1. The number of anilines is 1. The molecular weight excluding hydrogens is 222 g/mol. The first-order chi connectivity index (χ1) is 7.58. The molecule has 0 aliphatic rings. The van der Waals surface area contributed by atoms with Gasteiger partial charge in [-0.25, -0.2) is 0 Å². The Hall–Kier alpha value is -1.28. The van der Waals surface area contributed by atoms with E-state index in [0.717, 1.165) is 30.6 Å². The highest BCUT2D eigenvalue weighted by Gasteiger charge is 2.07. The van der Waals surface area contributed by atoms with Crippen LogP contribution < -0.4 is 4.90 Å². The zero-order valence-electron chi connectivity index (χ0n) is 9.66. The van der Waals surface area contributed by atoms with Gasteiger partial charge in [-0.1, -0.05) is 23.8 Å². The van der Waals surface area contributed by atoms with E-state index in [9.17, 15) is 4.79 Å². The molecule has 0 aromatic heterocycles. The first-order valence-corrected chi connectivity index (χ1v) is 5.60. The standard InChI is InChI=1S/C13H16ClNO/c1-4-15(8-10(2)3)12-6-5-11(9-16)13(14)7-12/h5-7,9H,2,4,8H2,1,3H3. The average Bonchev–Trinajstić information content (AvgIpc) is 2.25. The van der Waals surface area contributed by atoms with Gasteiger partial charge in [0.15, 0.2) is 6.29 Å². The number of rotatable bonds is 5. The molecule has 0 spiro atoms. The summed E-state index contributed by atoms with van der Waals surface area (Å²) in [5, 5.41) is 0.493. The SMILES string of the molecule is C=C(C)CN(CC)c1ccc(C=O)c(Cl)c1. The van der Waals surface area contributed by atoms with Crippen molar-refractivity contribution in [2.45, 2.75) is 13.8 Å². The van der Waals surface area contributed by atoms with Crippen LogP contribution in [0.1, 0.15) is 24.2 Å². The lowest BCUT2D eigenvalue weighted by Crippen LogP contribution is -2.24. The second kappa shape index (κ2) is 5.71. The Morgan fingerprint density at radius 1 is 1.56 bits per heavy atom. The fourth-order valence-electron chi connectivity index (χ4n) is 1.52. The highest BCUT2D eigenvalue weighted by atomic mass is 35.5. The molecule has 0 radical (unpaired) electrons. The molecule has 0 atom stereocenters. The van der Waals surface area contributed by atoms with E-state index in [2.05, 4.69) is 18.4 Å².